The van der Waals surface area contributed by atoms with Gasteiger partial charge in [0.25, 0.3) is 10.0 Å². The van der Waals surface area contributed by atoms with Crippen LogP contribution in [-0.4, -0.2) is 31.7 Å². The molecule has 0 amide bonds. The zero-order valence-corrected chi connectivity index (χ0v) is 18.0. The lowest BCUT2D eigenvalue weighted by Crippen LogP contribution is -2.19. The van der Waals surface area contributed by atoms with Crippen molar-refractivity contribution < 1.29 is 30.7 Å². The highest BCUT2D eigenvalue weighted by Crippen LogP contribution is 2.42. The Labute approximate surface area is 187 Å². The highest BCUT2D eigenvalue weighted by Gasteiger charge is 2.33. The maximum absolute atomic E-state index is 13.1. The van der Waals surface area contributed by atoms with Gasteiger partial charge in [-0.05, 0) is 41.8 Å². The summed E-state index contributed by atoms with van der Waals surface area (Å²) < 4.78 is 86.1. The molecule has 0 radical (unpaired) electrons. The van der Waals surface area contributed by atoms with Crippen molar-refractivity contribution in [1.82, 2.24) is 9.97 Å². The standard InChI is InChI=1S/C22H19F4N3O3S/c23-8-5-14-11-15(22(24,25)26)1-3-17(14)18-7-10-32-20-12-16(2-4-19(18)20)33(30,31)29-21-6-9-27-13-28-21/h1-4,6,9,11-13,18H,5,7-8,10H2,(H,27,28,29)/t18-/m1/s1. The fourth-order valence-corrected chi connectivity index (χ4v) is 4.87. The molecule has 1 aromatic heterocycles. The Balaban J connectivity index is 1.69. The minimum absolute atomic E-state index is 0.0584. The molecule has 2 aromatic carbocycles. The molecule has 0 unspecified atom stereocenters. The van der Waals surface area contributed by atoms with Crippen molar-refractivity contribution in [3.8, 4) is 5.75 Å². The van der Waals surface area contributed by atoms with Gasteiger partial charge < -0.3 is 4.74 Å². The first-order valence-electron chi connectivity index (χ1n) is 10.0. The number of nitrogens with zero attached hydrogens (tertiary/aromatic N) is 2. The first kappa shape index (κ1) is 23.0. The van der Waals surface area contributed by atoms with Crippen LogP contribution in [-0.2, 0) is 22.6 Å². The fourth-order valence-electron chi connectivity index (χ4n) is 3.85. The number of hydrogen-bond donors (Lipinski definition) is 1. The number of nitrogens with one attached hydrogen (secondary N) is 1. The topological polar surface area (TPSA) is 81.2 Å². The third kappa shape index (κ3) is 4.92. The van der Waals surface area contributed by atoms with Crippen molar-refractivity contribution in [2.75, 3.05) is 18.0 Å². The van der Waals surface area contributed by atoms with Crippen LogP contribution < -0.4 is 9.46 Å². The first-order valence-corrected chi connectivity index (χ1v) is 11.5. The van der Waals surface area contributed by atoms with Gasteiger partial charge in [-0.15, -0.1) is 0 Å². The minimum atomic E-state index is -4.53. The second-order valence-electron chi connectivity index (χ2n) is 7.44. The number of benzene rings is 2. The third-order valence-corrected chi connectivity index (χ3v) is 6.72. The predicted octanol–water partition coefficient (Wildman–Crippen LogP) is 4.72. The van der Waals surface area contributed by atoms with E-state index in [2.05, 4.69) is 14.7 Å². The van der Waals surface area contributed by atoms with Gasteiger partial charge in [-0.1, -0.05) is 12.1 Å². The van der Waals surface area contributed by atoms with Crippen molar-refractivity contribution in [2.45, 2.75) is 29.8 Å². The second kappa shape index (κ2) is 8.97. The third-order valence-electron chi connectivity index (χ3n) is 5.37. The molecule has 6 nitrogen and oxygen atoms in total. The Kier molecular flexibility index (Phi) is 6.24. The molecule has 11 heteroatoms. The summed E-state index contributed by atoms with van der Waals surface area (Å²) in [5, 5.41) is 0. The highest BCUT2D eigenvalue weighted by molar-refractivity contribution is 7.92. The number of alkyl halides is 4. The molecule has 174 valence electrons. The van der Waals surface area contributed by atoms with Crippen molar-refractivity contribution in [3.05, 3.63) is 77.2 Å². The van der Waals surface area contributed by atoms with E-state index in [1.807, 2.05) is 0 Å². The first-order chi connectivity index (χ1) is 15.7. The molecule has 1 aliphatic heterocycles. The summed E-state index contributed by atoms with van der Waals surface area (Å²) in [6, 6.07) is 9.07. The van der Waals surface area contributed by atoms with Crippen molar-refractivity contribution in [1.29, 1.82) is 0 Å². The van der Waals surface area contributed by atoms with Crippen LogP contribution in [0.3, 0.4) is 0 Å². The summed E-state index contributed by atoms with van der Waals surface area (Å²) in [4.78, 5) is 7.51. The molecule has 33 heavy (non-hydrogen) atoms. The van der Waals surface area contributed by atoms with Gasteiger partial charge in [-0.3, -0.25) is 9.11 Å². The molecular weight excluding hydrogens is 462 g/mol. The smallest absolute Gasteiger partial charge is 0.416 e. The van der Waals surface area contributed by atoms with Crippen molar-refractivity contribution >= 4 is 15.8 Å². The van der Waals surface area contributed by atoms with Crippen LogP contribution in [0.1, 0.15) is 34.6 Å². The SMILES string of the molecule is O=S(=O)(Nc1ccncn1)c1ccc2c(c1)OCC[C@@H]2c1ccc(C(F)(F)F)cc1CCF. The molecule has 0 saturated carbocycles. The Morgan fingerprint density at radius 3 is 2.58 bits per heavy atom. The number of fused-ring (bicyclic) bond motifs is 1. The van der Waals surface area contributed by atoms with Gasteiger partial charge in [-0.2, -0.15) is 13.2 Å². The van der Waals surface area contributed by atoms with E-state index in [0.717, 1.165) is 12.1 Å². The number of ether oxygens (including phenoxy) is 1. The second-order valence-corrected chi connectivity index (χ2v) is 9.12. The van der Waals surface area contributed by atoms with Crippen LogP contribution in [0.5, 0.6) is 5.75 Å². The lowest BCUT2D eigenvalue weighted by atomic mass is 9.83. The van der Waals surface area contributed by atoms with Gasteiger partial charge >= 0.3 is 6.18 Å². The van der Waals surface area contributed by atoms with E-state index in [1.54, 1.807) is 6.07 Å². The molecule has 0 aliphatic carbocycles. The number of anilines is 1. The number of sulfonamides is 1. The van der Waals surface area contributed by atoms with E-state index in [0.29, 0.717) is 23.3 Å². The molecule has 1 aliphatic rings. The van der Waals surface area contributed by atoms with E-state index in [4.69, 9.17) is 4.74 Å². The molecule has 0 saturated heterocycles. The van der Waals surface area contributed by atoms with E-state index >= 15 is 0 Å². The zero-order chi connectivity index (χ0) is 23.6. The minimum Gasteiger partial charge on any atom is -0.493 e. The molecule has 1 atom stereocenters. The summed E-state index contributed by atoms with van der Waals surface area (Å²) in [5.41, 5.74) is 0.633. The molecule has 0 bridgehead atoms. The molecule has 0 spiro atoms. The lowest BCUT2D eigenvalue weighted by Gasteiger charge is -2.28. The van der Waals surface area contributed by atoms with Gasteiger partial charge in [0.05, 0.1) is 23.7 Å². The van der Waals surface area contributed by atoms with Gasteiger partial charge in [0.15, 0.2) is 0 Å². The quantitative estimate of drug-likeness (QED) is 0.515. The van der Waals surface area contributed by atoms with Gasteiger partial charge in [0.2, 0.25) is 0 Å². The number of halogens is 4. The molecule has 1 N–H and O–H groups in total. The average molecular weight is 481 g/mol. The normalized spacial score (nSPS) is 16.1. The Morgan fingerprint density at radius 2 is 1.88 bits per heavy atom. The van der Waals surface area contributed by atoms with Gasteiger partial charge in [0.1, 0.15) is 17.9 Å². The van der Waals surface area contributed by atoms with Crippen LogP contribution in [0.15, 0.2) is 59.9 Å². The average Bonchev–Trinajstić information content (AvgIpc) is 2.78. The summed E-state index contributed by atoms with van der Waals surface area (Å²) in [7, 11) is -3.96. The van der Waals surface area contributed by atoms with Crippen LogP contribution in [0.4, 0.5) is 23.4 Å². The van der Waals surface area contributed by atoms with Gasteiger partial charge in [-0.25, -0.2) is 18.4 Å². The van der Waals surface area contributed by atoms with Crippen LogP contribution in [0.2, 0.25) is 0 Å². The van der Waals surface area contributed by atoms with E-state index < -0.39 is 28.4 Å². The summed E-state index contributed by atoms with van der Waals surface area (Å²) in [5.74, 6) is 0.0502. The molecule has 4 rings (SSSR count). The molecular formula is C22H19F4N3O3S. The zero-order valence-electron chi connectivity index (χ0n) is 17.1. The van der Waals surface area contributed by atoms with Crippen LogP contribution in [0.25, 0.3) is 0 Å². The van der Waals surface area contributed by atoms with E-state index in [1.165, 1.54) is 36.8 Å². The molecule has 2 heterocycles. The predicted molar refractivity (Wildman–Crippen MR) is 112 cm³/mol. The highest BCUT2D eigenvalue weighted by atomic mass is 32.2. The Bertz CT molecular complexity index is 1250. The van der Waals surface area contributed by atoms with Crippen LogP contribution >= 0.6 is 0 Å². The summed E-state index contributed by atoms with van der Waals surface area (Å²) >= 11 is 0. The van der Waals surface area contributed by atoms with Crippen molar-refractivity contribution in [3.63, 3.8) is 0 Å². The number of aryl methyl sites for hydroxylation is 1. The lowest BCUT2D eigenvalue weighted by molar-refractivity contribution is -0.137. The maximum Gasteiger partial charge on any atom is 0.416 e. The number of hydrogen-bond acceptors (Lipinski definition) is 5. The monoisotopic (exact) mass is 481 g/mol. The van der Waals surface area contributed by atoms with E-state index in [-0.39, 0.29) is 35.2 Å². The number of aromatic nitrogens is 2. The fraction of sp³-hybridized carbons (Fsp3) is 0.273. The summed E-state index contributed by atoms with van der Waals surface area (Å²) in [6.07, 6.45) is -1.62. The molecule has 3 aromatic rings. The molecule has 0 fully saturated rings. The maximum atomic E-state index is 13.1. The van der Waals surface area contributed by atoms with Crippen molar-refractivity contribution in [2.24, 2.45) is 0 Å². The summed E-state index contributed by atoms with van der Waals surface area (Å²) in [6.45, 7) is -0.563. The van der Waals surface area contributed by atoms with Crippen LogP contribution in [0, 0.1) is 0 Å². The Hall–Kier alpha value is -3.21. The Morgan fingerprint density at radius 1 is 1.09 bits per heavy atom. The number of rotatable bonds is 6. The van der Waals surface area contributed by atoms with Gasteiger partial charge in [0, 0.05) is 30.2 Å². The largest absolute Gasteiger partial charge is 0.493 e. The van der Waals surface area contributed by atoms with E-state index in [9.17, 15) is 26.0 Å².